The molecule has 2 heterocycles. The van der Waals surface area contributed by atoms with Crippen LogP contribution in [0.15, 0.2) is 29.8 Å². The van der Waals surface area contributed by atoms with Gasteiger partial charge in [0.1, 0.15) is 1.41 Å². The molecule has 1 aromatic heterocycles. The maximum absolute atomic E-state index is 12.3. The summed E-state index contributed by atoms with van der Waals surface area (Å²) in [5.41, 5.74) is 4.98. The summed E-state index contributed by atoms with van der Waals surface area (Å²) in [6, 6.07) is 7.34. The zero-order valence-corrected chi connectivity index (χ0v) is 14.0. The van der Waals surface area contributed by atoms with Gasteiger partial charge in [-0.2, -0.15) is 0 Å². The van der Waals surface area contributed by atoms with Gasteiger partial charge in [0.05, 0.1) is 34.3 Å². The van der Waals surface area contributed by atoms with Crippen molar-refractivity contribution < 1.29 is 11.3 Å². The average Bonchev–Trinajstić information content (AvgIpc) is 3.12. The second kappa shape index (κ2) is 6.78. The lowest BCUT2D eigenvalue weighted by Crippen LogP contribution is -2.41. The van der Waals surface area contributed by atoms with E-state index in [-0.39, 0.29) is 18.5 Å². The molecule has 0 spiro atoms. The third-order valence-corrected chi connectivity index (χ3v) is 5.09. The van der Waals surface area contributed by atoms with Gasteiger partial charge in [-0.3, -0.25) is 4.79 Å². The Morgan fingerprint density at radius 1 is 1.52 bits per heavy atom. The van der Waals surface area contributed by atoms with Crippen LogP contribution in [0.25, 0.3) is 10.4 Å². The molecule has 23 heavy (non-hydrogen) atoms. The van der Waals surface area contributed by atoms with Crippen LogP contribution in [0.4, 0.5) is 0 Å². The van der Waals surface area contributed by atoms with E-state index in [1.165, 1.54) is 0 Å². The molecule has 3 N–H and O–H groups in total. The van der Waals surface area contributed by atoms with Crippen LogP contribution in [0, 0.1) is 6.92 Å². The number of aliphatic hydroxyl groups is 1. The Labute approximate surface area is 141 Å². The van der Waals surface area contributed by atoms with Crippen LogP contribution in [-0.2, 0) is 4.79 Å². The van der Waals surface area contributed by atoms with E-state index in [0.717, 1.165) is 27.0 Å². The van der Waals surface area contributed by atoms with Crippen molar-refractivity contribution >= 4 is 17.2 Å². The smallest absolute Gasteiger partial charge is 0.237 e. The van der Waals surface area contributed by atoms with E-state index < -0.39 is 12.1 Å². The van der Waals surface area contributed by atoms with Crippen LogP contribution < -0.4 is 10.6 Å². The molecule has 1 aromatic carbocycles. The normalized spacial score (nSPS) is 23.5. The van der Waals surface area contributed by atoms with E-state index in [1.54, 1.807) is 11.3 Å². The maximum atomic E-state index is 12.3. The lowest BCUT2D eigenvalue weighted by atomic mass is 10.0. The number of hydrogen-bond donors (Lipinski definition) is 3. The first-order valence-electron chi connectivity index (χ1n) is 8.15. The summed E-state index contributed by atoms with van der Waals surface area (Å²) >= 11 is 1.61. The topological polar surface area (TPSA) is 74.2 Å². The maximum Gasteiger partial charge on any atom is 0.237 e. The van der Waals surface area contributed by atoms with Crippen molar-refractivity contribution in [2.45, 2.75) is 38.5 Å². The van der Waals surface area contributed by atoms with Crippen LogP contribution in [-0.4, -0.2) is 34.7 Å². The molecule has 0 saturated carbocycles. The Bertz CT molecular complexity index is 719. The SMILES string of the molecule is [2H]N1C[C@H](O)C[C@H]1C(=O)N[C@@H](C)c1ccc(-c2scnc2C)cc1. The summed E-state index contributed by atoms with van der Waals surface area (Å²) in [6.45, 7) is 4.13. The highest BCUT2D eigenvalue weighted by Gasteiger charge is 2.28. The molecule has 0 aliphatic carbocycles. The lowest BCUT2D eigenvalue weighted by molar-refractivity contribution is -0.123. The first-order chi connectivity index (χ1) is 11.5. The summed E-state index contributed by atoms with van der Waals surface area (Å²) in [4.78, 5) is 17.7. The fraction of sp³-hybridized carbons (Fsp3) is 0.412. The minimum Gasteiger partial charge on any atom is -0.392 e. The van der Waals surface area contributed by atoms with Crippen molar-refractivity contribution in [3.05, 3.63) is 41.0 Å². The fourth-order valence-electron chi connectivity index (χ4n) is 2.74. The zero-order valence-electron chi connectivity index (χ0n) is 14.2. The highest BCUT2D eigenvalue weighted by molar-refractivity contribution is 7.13. The number of amides is 1. The fourth-order valence-corrected chi connectivity index (χ4v) is 3.55. The summed E-state index contributed by atoms with van der Waals surface area (Å²) in [6.07, 6.45) is -0.290. The molecule has 0 bridgehead atoms. The second-order valence-electron chi connectivity index (χ2n) is 5.89. The molecule has 1 aliphatic rings. The highest BCUT2D eigenvalue weighted by Crippen LogP contribution is 2.28. The minimum atomic E-state index is -0.601. The lowest BCUT2D eigenvalue weighted by Gasteiger charge is -2.18. The molecule has 5 nitrogen and oxygen atoms in total. The molecular formula is C17H21N3O2S. The van der Waals surface area contributed by atoms with Gasteiger partial charge in [-0.05, 0) is 31.4 Å². The average molecular weight is 332 g/mol. The Kier molecular flexibility index (Phi) is 4.37. The third kappa shape index (κ3) is 3.60. The van der Waals surface area contributed by atoms with Gasteiger partial charge in [-0.15, -0.1) is 11.3 Å². The summed E-state index contributed by atoms with van der Waals surface area (Å²) in [5.74, 6) is -0.212. The van der Waals surface area contributed by atoms with Crippen LogP contribution in [0.5, 0.6) is 0 Å². The molecule has 3 atom stereocenters. The van der Waals surface area contributed by atoms with E-state index in [1.807, 2.05) is 43.6 Å². The van der Waals surface area contributed by atoms with E-state index >= 15 is 0 Å². The highest BCUT2D eigenvalue weighted by atomic mass is 32.1. The summed E-state index contributed by atoms with van der Waals surface area (Å²) in [5, 5.41) is 13.7. The molecule has 1 saturated heterocycles. The number of carbonyl (C=O) groups excluding carboxylic acids is 1. The van der Waals surface area contributed by atoms with E-state index in [0.29, 0.717) is 6.42 Å². The molecule has 1 fully saturated rings. The van der Waals surface area contributed by atoms with Crippen LogP contribution in [0.3, 0.4) is 0 Å². The number of aromatic nitrogens is 1. The Morgan fingerprint density at radius 3 is 2.83 bits per heavy atom. The summed E-state index contributed by atoms with van der Waals surface area (Å²) < 4.78 is 7.73. The van der Waals surface area contributed by atoms with Gasteiger partial charge in [0.25, 0.3) is 0 Å². The van der Waals surface area contributed by atoms with Gasteiger partial charge in [-0.25, -0.2) is 4.98 Å². The van der Waals surface area contributed by atoms with E-state index in [4.69, 9.17) is 1.41 Å². The number of aryl methyl sites for hydroxylation is 1. The predicted octanol–water partition coefficient (Wildman–Crippen LogP) is 2.02. The van der Waals surface area contributed by atoms with Gasteiger partial charge >= 0.3 is 0 Å². The molecule has 1 amide bonds. The molecular weight excluding hydrogens is 310 g/mol. The number of nitrogens with zero attached hydrogens (tertiary/aromatic N) is 1. The number of benzene rings is 1. The number of nitrogens with one attached hydrogen (secondary N) is 2. The first kappa shape index (κ1) is 14.8. The Morgan fingerprint density at radius 2 is 2.26 bits per heavy atom. The summed E-state index contributed by atoms with van der Waals surface area (Å²) in [7, 11) is 0. The van der Waals surface area contributed by atoms with Crippen molar-refractivity contribution in [1.82, 2.24) is 15.6 Å². The molecule has 6 heteroatoms. The Hall–Kier alpha value is -1.76. The van der Waals surface area contributed by atoms with Crippen molar-refractivity contribution in [2.75, 3.05) is 6.54 Å². The number of rotatable bonds is 4. The van der Waals surface area contributed by atoms with Crippen LogP contribution >= 0.6 is 11.3 Å². The molecule has 2 aromatic rings. The number of carbonyl (C=O) groups is 1. The number of thiazole rings is 1. The standard InChI is InChI=1S/C17H21N3O2S/c1-10(20-17(22)15-7-14(21)8-18-15)12-3-5-13(6-4-12)16-11(2)19-9-23-16/h3-6,9-10,14-15,18,21H,7-8H2,1-2H3,(H,20,22)/t10-,14+,15-/m0/s1/i/hD. The molecule has 0 unspecified atom stereocenters. The second-order valence-corrected chi connectivity index (χ2v) is 6.74. The van der Waals surface area contributed by atoms with Gasteiger partial charge in [0.15, 0.2) is 0 Å². The third-order valence-electron chi connectivity index (χ3n) is 4.11. The van der Waals surface area contributed by atoms with Gasteiger partial charge in [0, 0.05) is 6.54 Å². The van der Waals surface area contributed by atoms with Crippen LogP contribution in [0.1, 0.15) is 30.6 Å². The van der Waals surface area contributed by atoms with Crippen LogP contribution in [0.2, 0.25) is 1.41 Å². The Balaban J connectivity index is 1.66. The molecule has 3 rings (SSSR count). The van der Waals surface area contributed by atoms with Gasteiger partial charge in [0.2, 0.25) is 5.91 Å². The van der Waals surface area contributed by atoms with E-state index in [9.17, 15) is 9.90 Å². The molecule has 0 radical (unpaired) electrons. The molecule has 122 valence electrons. The van der Waals surface area contributed by atoms with Crippen molar-refractivity contribution in [3.63, 3.8) is 0 Å². The van der Waals surface area contributed by atoms with E-state index in [2.05, 4.69) is 10.3 Å². The monoisotopic (exact) mass is 332 g/mol. The number of hydrogen-bond acceptors (Lipinski definition) is 5. The zero-order chi connectivity index (χ0) is 17.3. The van der Waals surface area contributed by atoms with Gasteiger partial charge in [-0.1, -0.05) is 24.3 Å². The quantitative estimate of drug-likeness (QED) is 0.801. The van der Waals surface area contributed by atoms with Gasteiger partial charge < -0.3 is 15.7 Å². The van der Waals surface area contributed by atoms with Crippen molar-refractivity contribution in [2.24, 2.45) is 0 Å². The number of aliphatic hydroxyl groups excluding tert-OH is 1. The molecule has 1 aliphatic heterocycles. The van der Waals surface area contributed by atoms with Crippen molar-refractivity contribution in [3.8, 4) is 10.4 Å². The number of β-amino-alcohol motifs (C(OH)–C–C–N with tert-alkyl or cyclic N) is 1. The largest absolute Gasteiger partial charge is 0.392 e. The van der Waals surface area contributed by atoms with Crippen molar-refractivity contribution in [1.29, 1.82) is 0 Å². The minimum absolute atomic E-state index is 0.153. The predicted molar refractivity (Wildman–Crippen MR) is 91.3 cm³/mol. The first-order valence-corrected chi connectivity index (χ1v) is 8.58.